The number of benzene rings is 1. The maximum Gasteiger partial charge on any atom is 0.313 e. The molecule has 2 amide bonds. The largest absolute Gasteiger partial charge is 0.461 e. The van der Waals surface area contributed by atoms with Crippen molar-refractivity contribution in [1.82, 2.24) is 24.8 Å². The smallest absolute Gasteiger partial charge is 0.313 e. The van der Waals surface area contributed by atoms with E-state index < -0.39 is 41.1 Å². The molecular weight excluding hydrogens is 526 g/mol. The van der Waals surface area contributed by atoms with Crippen LogP contribution in [0.3, 0.4) is 0 Å². The SMILES string of the molecule is C=CCOC(=O)[C@@H]1[C@H]2C(=O)N([C@@H](CO)[C@@H](C)CC)C(C(=O)N(CC=C)Cn3nnc4ccccc43)C23CC[C@@]1(C)O3. The number of hydrogen-bond acceptors (Lipinski definition) is 8. The molecule has 0 saturated carbocycles. The third-order valence-corrected chi connectivity index (χ3v) is 9.28. The van der Waals surface area contributed by atoms with Crippen molar-refractivity contribution in [1.29, 1.82) is 0 Å². The van der Waals surface area contributed by atoms with Gasteiger partial charge in [0.15, 0.2) is 0 Å². The minimum absolute atomic E-state index is 0.0104. The van der Waals surface area contributed by atoms with Crippen molar-refractivity contribution >= 4 is 28.8 Å². The summed E-state index contributed by atoms with van der Waals surface area (Å²) in [6, 6.07) is 5.76. The number of aromatic nitrogens is 3. The van der Waals surface area contributed by atoms with Gasteiger partial charge in [-0.25, -0.2) is 4.68 Å². The van der Waals surface area contributed by atoms with Crippen LogP contribution < -0.4 is 0 Å². The Hall–Kier alpha value is -3.57. The zero-order valence-corrected chi connectivity index (χ0v) is 23.9. The van der Waals surface area contributed by atoms with E-state index in [1.807, 2.05) is 45.0 Å². The van der Waals surface area contributed by atoms with Crippen molar-refractivity contribution in [2.45, 2.75) is 70.0 Å². The third-order valence-electron chi connectivity index (χ3n) is 9.28. The number of fused-ring (bicyclic) bond motifs is 2. The molecule has 2 bridgehead atoms. The summed E-state index contributed by atoms with van der Waals surface area (Å²) in [4.78, 5) is 45.5. The number of esters is 1. The molecule has 11 nitrogen and oxygen atoms in total. The lowest BCUT2D eigenvalue weighted by Gasteiger charge is -2.41. The molecule has 3 fully saturated rings. The molecule has 0 aliphatic carbocycles. The summed E-state index contributed by atoms with van der Waals surface area (Å²) in [5.74, 6) is -3.17. The number of aliphatic hydroxyl groups is 1. The second-order valence-electron chi connectivity index (χ2n) is 11.6. The minimum atomic E-state index is -1.24. The van der Waals surface area contributed by atoms with Crippen LogP contribution in [0.15, 0.2) is 49.6 Å². The van der Waals surface area contributed by atoms with E-state index in [1.54, 1.807) is 15.7 Å². The van der Waals surface area contributed by atoms with E-state index in [-0.39, 0.29) is 44.2 Å². The Morgan fingerprint density at radius 1 is 1.29 bits per heavy atom. The fourth-order valence-corrected chi connectivity index (χ4v) is 7.13. The Morgan fingerprint density at radius 3 is 2.73 bits per heavy atom. The van der Waals surface area contributed by atoms with Crippen LogP contribution in [-0.4, -0.2) is 90.7 Å². The van der Waals surface area contributed by atoms with E-state index in [0.717, 1.165) is 5.52 Å². The molecule has 11 heteroatoms. The first-order chi connectivity index (χ1) is 19.7. The van der Waals surface area contributed by atoms with Gasteiger partial charge in [0.05, 0.1) is 29.7 Å². The van der Waals surface area contributed by atoms with Gasteiger partial charge in [0.1, 0.15) is 36.4 Å². The van der Waals surface area contributed by atoms with Gasteiger partial charge in [0.25, 0.3) is 0 Å². The van der Waals surface area contributed by atoms with Gasteiger partial charge in [-0.2, -0.15) is 0 Å². The quantitative estimate of drug-likeness (QED) is 0.307. The number of likely N-dealkylation sites (tertiary alicyclic amines) is 1. The minimum Gasteiger partial charge on any atom is -0.461 e. The Bertz CT molecular complexity index is 1360. The lowest BCUT2D eigenvalue weighted by Crippen LogP contribution is -2.60. The van der Waals surface area contributed by atoms with Gasteiger partial charge in [0, 0.05) is 6.54 Å². The lowest BCUT2D eigenvalue weighted by molar-refractivity contribution is -0.162. The molecule has 7 atom stereocenters. The summed E-state index contributed by atoms with van der Waals surface area (Å²) in [6.45, 7) is 13.1. The van der Waals surface area contributed by atoms with Crippen molar-refractivity contribution in [3.8, 4) is 0 Å². The highest BCUT2D eigenvalue weighted by molar-refractivity contribution is 5.98. The van der Waals surface area contributed by atoms with E-state index in [1.165, 1.54) is 11.0 Å². The lowest BCUT2D eigenvalue weighted by atomic mass is 9.66. The first-order valence-corrected chi connectivity index (χ1v) is 14.3. The molecule has 3 saturated heterocycles. The van der Waals surface area contributed by atoms with Crippen molar-refractivity contribution in [2.24, 2.45) is 17.8 Å². The Kier molecular flexibility index (Phi) is 7.78. The van der Waals surface area contributed by atoms with Gasteiger partial charge in [-0.15, -0.1) is 11.7 Å². The van der Waals surface area contributed by atoms with E-state index in [4.69, 9.17) is 9.47 Å². The van der Waals surface area contributed by atoms with Gasteiger partial charge in [-0.1, -0.05) is 56.3 Å². The number of rotatable bonds is 12. The van der Waals surface area contributed by atoms with Crippen LogP contribution in [0.2, 0.25) is 0 Å². The number of hydrogen-bond donors (Lipinski definition) is 1. The molecular formula is C30H39N5O6. The molecule has 1 N–H and O–H groups in total. The number of carbonyl (C=O) groups is 3. The fraction of sp³-hybridized carbons (Fsp3) is 0.567. The summed E-state index contributed by atoms with van der Waals surface area (Å²) in [7, 11) is 0. The highest BCUT2D eigenvalue weighted by Crippen LogP contribution is 2.64. The van der Waals surface area contributed by atoms with E-state index in [0.29, 0.717) is 24.8 Å². The van der Waals surface area contributed by atoms with Crippen molar-refractivity contribution in [2.75, 3.05) is 19.8 Å². The summed E-state index contributed by atoms with van der Waals surface area (Å²) in [6.07, 6.45) is 4.69. The molecule has 4 heterocycles. The molecule has 41 heavy (non-hydrogen) atoms. The fourth-order valence-electron chi connectivity index (χ4n) is 7.13. The average molecular weight is 566 g/mol. The first kappa shape index (κ1) is 28.9. The molecule has 220 valence electrons. The van der Waals surface area contributed by atoms with Crippen molar-refractivity contribution in [3.05, 3.63) is 49.6 Å². The highest BCUT2D eigenvalue weighted by Gasteiger charge is 2.79. The normalized spacial score (nSPS) is 29.8. The Balaban J connectivity index is 1.59. The molecule has 3 aliphatic heterocycles. The van der Waals surface area contributed by atoms with Crippen LogP contribution in [-0.2, 0) is 30.5 Å². The van der Waals surface area contributed by atoms with E-state index >= 15 is 0 Å². The van der Waals surface area contributed by atoms with Crippen LogP contribution >= 0.6 is 0 Å². The van der Waals surface area contributed by atoms with Gasteiger partial charge in [-0.3, -0.25) is 14.4 Å². The topological polar surface area (TPSA) is 127 Å². The average Bonchev–Trinajstić information content (AvgIpc) is 3.67. The van der Waals surface area contributed by atoms with Crippen LogP contribution in [0, 0.1) is 17.8 Å². The third kappa shape index (κ3) is 4.46. The molecule has 5 rings (SSSR count). The van der Waals surface area contributed by atoms with Crippen LogP contribution in [0.25, 0.3) is 11.0 Å². The molecule has 1 spiro atoms. The number of amides is 2. The monoisotopic (exact) mass is 565 g/mol. The maximum atomic E-state index is 14.7. The standard InChI is InChI=1S/C30H39N5O6/c1-6-15-33(18-34-21-12-10-9-11-20(21)31-32-34)27(38)25-30-14-13-29(5,41-30)24(28(39)40-16-7-2)23(30)26(37)35(25)22(17-36)19(4)8-3/h6-7,9-12,19,22-25,36H,1-2,8,13-18H2,3-5H3/t19-,22-,23-,24-,25?,29+,30?/m0/s1. The van der Waals surface area contributed by atoms with Gasteiger partial charge < -0.3 is 24.4 Å². The summed E-state index contributed by atoms with van der Waals surface area (Å²) < 4.78 is 13.8. The zero-order valence-electron chi connectivity index (χ0n) is 23.9. The van der Waals surface area contributed by atoms with Gasteiger partial charge >= 0.3 is 5.97 Å². The van der Waals surface area contributed by atoms with Crippen LogP contribution in [0.1, 0.15) is 40.0 Å². The predicted molar refractivity (Wildman–Crippen MR) is 150 cm³/mol. The first-order valence-electron chi connectivity index (χ1n) is 14.3. The molecule has 3 aliphatic rings. The number of para-hydroxylation sites is 1. The van der Waals surface area contributed by atoms with Crippen molar-refractivity contribution in [3.63, 3.8) is 0 Å². The number of aliphatic hydroxyl groups excluding tert-OH is 1. The number of ether oxygens (including phenoxy) is 2. The van der Waals surface area contributed by atoms with E-state index in [9.17, 15) is 19.5 Å². The predicted octanol–water partition coefficient (Wildman–Crippen LogP) is 2.30. The summed E-state index contributed by atoms with van der Waals surface area (Å²) in [5.41, 5.74) is -0.753. The molecule has 2 aromatic rings. The summed E-state index contributed by atoms with van der Waals surface area (Å²) >= 11 is 0. The molecule has 1 aromatic carbocycles. The van der Waals surface area contributed by atoms with Gasteiger partial charge in [-0.05, 0) is 37.8 Å². The van der Waals surface area contributed by atoms with Crippen LogP contribution in [0.4, 0.5) is 0 Å². The Morgan fingerprint density at radius 2 is 2.05 bits per heavy atom. The number of carbonyl (C=O) groups excluding carboxylic acids is 3. The maximum absolute atomic E-state index is 14.7. The van der Waals surface area contributed by atoms with Gasteiger partial charge in [0.2, 0.25) is 11.8 Å². The second-order valence-corrected chi connectivity index (χ2v) is 11.6. The molecule has 2 unspecified atom stereocenters. The van der Waals surface area contributed by atoms with E-state index in [2.05, 4.69) is 23.5 Å². The zero-order chi connectivity index (χ0) is 29.5. The number of nitrogens with zero attached hydrogens (tertiary/aromatic N) is 5. The second kappa shape index (κ2) is 11.0. The molecule has 0 radical (unpaired) electrons. The summed E-state index contributed by atoms with van der Waals surface area (Å²) in [5, 5.41) is 19.0. The van der Waals surface area contributed by atoms with Crippen molar-refractivity contribution < 1.29 is 29.0 Å². The Labute approximate surface area is 239 Å². The molecule has 1 aromatic heterocycles. The highest BCUT2D eigenvalue weighted by atomic mass is 16.6. The van der Waals surface area contributed by atoms with Crippen LogP contribution in [0.5, 0.6) is 0 Å².